The topological polar surface area (TPSA) is 53.1 Å². The number of aromatic nitrogens is 2. The second kappa shape index (κ2) is 7.27. The molecule has 1 aromatic heterocycles. The highest BCUT2D eigenvalue weighted by Gasteiger charge is 2.23. The molecule has 0 bridgehead atoms. The molecular formula is C17H29N5. The van der Waals surface area contributed by atoms with Gasteiger partial charge in [0.15, 0.2) is 5.82 Å². The van der Waals surface area contributed by atoms with E-state index in [1.165, 1.54) is 44.2 Å². The summed E-state index contributed by atoms with van der Waals surface area (Å²) in [6, 6.07) is 3.23. The maximum atomic E-state index is 4.28. The number of rotatable bonds is 5. The highest BCUT2D eigenvalue weighted by atomic mass is 15.2. The SMILES string of the molecule is CN[C@H]1CCN(c2cnnc(NC(C)C3CCCCC3)c2)C1. The molecule has 0 radical (unpaired) electrons. The lowest BCUT2D eigenvalue weighted by Gasteiger charge is -2.28. The van der Waals surface area contributed by atoms with Gasteiger partial charge in [-0.05, 0) is 39.2 Å². The molecule has 122 valence electrons. The summed E-state index contributed by atoms with van der Waals surface area (Å²) in [6.07, 6.45) is 9.92. The van der Waals surface area contributed by atoms with Crippen LogP contribution >= 0.6 is 0 Å². The van der Waals surface area contributed by atoms with Crippen molar-refractivity contribution in [3.05, 3.63) is 12.3 Å². The summed E-state index contributed by atoms with van der Waals surface area (Å²) in [5.74, 6) is 1.70. The summed E-state index contributed by atoms with van der Waals surface area (Å²) in [5.41, 5.74) is 1.19. The van der Waals surface area contributed by atoms with Crippen LogP contribution in [0.3, 0.4) is 0 Å². The van der Waals surface area contributed by atoms with E-state index in [0.29, 0.717) is 12.1 Å². The van der Waals surface area contributed by atoms with Gasteiger partial charge in [-0.1, -0.05) is 19.3 Å². The lowest BCUT2D eigenvalue weighted by atomic mass is 9.84. The van der Waals surface area contributed by atoms with E-state index in [2.05, 4.69) is 38.7 Å². The lowest BCUT2D eigenvalue weighted by Crippen LogP contribution is -2.30. The molecule has 5 heteroatoms. The first-order chi connectivity index (χ1) is 10.8. The molecular weight excluding hydrogens is 274 g/mol. The largest absolute Gasteiger partial charge is 0.369 e. The number of hydrogen-bond donors (Lipinski definition) is 2. The van der Waals surface area contributed by atoms with E-state index in [-0.39, 0.29) is 0 Å². The molecule has 22 heavy (non-hydrogen) atoms. The Kier molecular flexibility index (Phi) is 5.13. The van der Waals surface area contributed by atoms with Gasteiger partial charge in [0.05, 0.1) is 11.9 Å². The van der Waals surface area contributed by atoms with E-state index in [9.17, 15) is 0 Å². The zero-order valence-electron chi connectivity index (χ0n) is 13.9. The maximum Gasteiger partial charge on any atom is 0.150 e. The number of hydrogen-bond acceptors (Lipinski definition) is 5. The first-order valence-electron chi connectivity index (χ1n) is 8.77. The molecule has 1 saturated heterocycles. The van der Waals surface area contributed by atoms with Crippen molar-refractivity contribution in [2.24, 2.45) is 5.92 Å². The molecule has 1 aromatic rings. The van der Waals surface area contributed by atoms with Gasteiger partial charge in [-0.25, -0.2) is 0 Å². The Labute approximate surface area is 133 Å². The van der Waals surface area contributed by atoms with Crippen LogP contribution in [0.5, 0.6) is 0 Å². The average Bonchev–Trinajstić information content (AvgIpc) is 3.05. The fourth-order valence-corrected chi connectivity index (χ4v) is 3.82. The quantitative estimate of drug-likeness (QED) is 0.876. The number of likely N-dealkylation sites (N-methyl/N-ethyl adjacent to an activating group) is 1. The van der Waals surface area contributed by atoms with Crippen LogP contribution in [0.1, 0.15) is 45.4 Å². The van der Waals surface area contributed by atoms with Crippen molar-refractivity contribution in [2.45, 2.75) is 57.5 Å². The van der Waals surface area contributed by atoms with Crippen molar-refractivity contribution in [2.75, 3.05) is 30.4 Å². The van der Waals surface area contributed by atoms with Crippen molar-refractivity contribution < 1.29 is 0 Å². The van der Waals surface area contributed by atoms with Crippen molar-refractivity contribution in [1.82, 2.24) is 15.5 Å². The van der Waals surface area contributed by atoms with Crippen molar-refractivity contribution >= 4 is 11.5 Å². The van der Waals surface area contributed by atoms with Crippen molar-refractivity contribution in [3.8, 4) is 0 Å². The Morgan fingerprint density at radius 3 is 2.77 bits per heavy atom. The van der Waals surface area contributed by atoms with E-state index < -0.39 is 0 Å². The minimum absolute atomic E-state index is 0.480. The molecule has 3 rings (SSSR count). The van der Waals surface area contributed by atoms with Crippen LogP contribution in [0.25, 0.3) is 0 Å². The zero-order chi connectivity index (χ0) is 15.4. The minimum atomic E-state index is 0.480. The van der Waals surface area contributed by atoms with Gasteiger partial charge in [0.25, 0.3) is 0 Å². The van der Waals surface area contributed by atoms with Gasteiger partial charge in [-0.15, -0.1) is 5.10 Å². The number of anilines is 2. The van der Waals surface area contributed by atoms with Crippen molar-refractivity contribution in [1.29, 1.82) is 0 Å². The predicted molar refractivity (Wildman–Crippen MR) is 91.4 cm³/mol. The molecule has 2 aliphatic rings. The fraction of sp³-hybridized carbons (Fsp3) is 0.765. The average molecular weight is 303 g/mol. The Bertz CT molecular complexity index is 472. The lowest BCUT2D eigenvalue weighted by molar-refractivity contribution is 0.328. The Balaban J connectivity index is 1.61. The third-order valence-corrected chi connectivity index (χ3v) is 5.33. The molecule has 1 unspecified atom stereocenters. The molecule has 1 aliphatic heterocycles. The number of nitrogens with one attached hydrogen (secondary N) is 2. The van der Waals surface area contributed by atoms with Crippen LogP contribution in [0.15, 0.2) is 12.3 Å². The predicted octanol–water partition coefficient (Wildman–Crippen LogP) is 2.66. The first-order valence-corrected chi connectivity index (χ1v) is 8.77. The molecule has 0 amide bonds. The molecule has 2 atom stereocenters. The molecule has 0 spiro atoms. The first kappa shape index (κ1) is 15.5. The summed E-state index contributed by atoms with van der Waals surface area (Å²) in [5, 5.41) is 15.4. The van der Waals surface area contributed by atoms with Crippen LogP contribution in [-0.2, 0) is 0 Å². The van der Waals surface area contributed by atoms with E-state index in [1.54, 1.807) is 0 Å². The summed E-state index contributed by atoms with van der Waals surface area (Å²) >= 11 is 0. The van der Waals surface area contributed by atoms with Crippen LogP contribution in [0, 0.1) is 5.92 Å². The van der Waals surface area contributed by atoms with Crippen LogP contribution in [-0.4, -0.2) is 42.4 Å². The fourth-order valence-electron chi connectivity index (χ4n) is 3.82. The third kappa shape index (κ3) is 3.69. The maximum absolute atomic E-state index is 4.28. The smallest absolute Gasteiger partial charge is 0.150 e. The van der Waals surface area contributed by atoms with Crippen molar-refractivity contribution in [3.63, 3.8) is 0 Å². The van der Waals surface area contributed by atoms with Crippen LogP contribution in [0.2, 0.25) is 0 Å². The van der Waals surface area contributed by atoms with Gasteiger partial charge in [0, 0.05) is 31.2 Å². The molecule has 0 aromatic carbocycles. The van der Waals surface area contributed by atoms with E-state index in [4.69, 9.17) is 0 Å². The second-order valence-electron chi connectivity index (χ2n) is 6.85. The second-order valence-corrected chi connectivity index (χ2v) is 6.85. The van der Waals surface area contributed by atoms with Crippen LogP contribution in [0.4, 0.5) is 11.5 Å². The molecule has 5 nitrogen and oxygen atoms in total. The van der Waals surface area contributed by atoms with Gasteiger partial charge in [0.2, 0.25) is 0 Å². The standard InChI is InChI=1S/C17H29N5/c1-13(14-6-4-3-5-7-14)20-17-10-16(11-19-21-17)22-9-8-15(12-22)18-2/h10-11,13-15,18H,3-9,12H2,1-2H3,(H,20,21)/t13?,15-/m0/s1. The van der Waals surface area contributed by atoms with Gasteiger partial charge >= 0.3 is 0 Å². The third-order valence-electron chi connectivity index (χ3n) is 5.33. The molecule has 2 fully saturated rings. The molecule has 1 aliphatic carbocycles. The highest BCUT2D eigenvalue weighted by Crippen LogP contribution is 2.28. The van der Waals surface area contributed by atoms with Gasteiger partial charge in [-0.2, -0.15) is 5.10 Å². The molecule has 2 N–H and O–H groups in total. The Morgan fingerprint density at radius 1 is 1.23 bits per heavy atom. The monoisotopic (exact) mass is 303 g/mol. The zero-order valence-corrected chi connectivity index (χ0v) is 13.9. The minimum Gasteiger partial charge on any atom is -0.369 e. The summed E-state index contributed by atoms with van der Waals surface area (Å²) in [4.78, 5) is 2.40. The van der Waals surface area contributed by atoms with E-state index >= 15 is 0 Å². The summed E-state index contributed by atoms with van der Waals surface area (Å²) in [7, 11) is 2.04. The number of nitrogens with zero attached hydrogens (tertiary/aromatic N) is 3. The normalized spacial score (nSPS) is 24.5. The van der Waals surface area contributed by atoms with Crippen LogP contribution < -0.4 is 15.5 Å². The highest BCUT2D eigenvalue weighted by molar-refractivity contribution is 5.53. The Hall–Kier alpha value is -1.36. The Morgan fingerprint density at radius 2 is 2.05 bits per heavy atom. The molecule has 2 heterocycles. The molecule has 1 saturated carbocycles. The van der Waals surface area contributed by atoms with E-state index in [1.807, 2.05) is 13.2 Å². The van der Waals surface area contributed by atoms with Gasteiger partial charge in [0.1, 0.15) is 0 Å². The van der Waals surface area contributed by atoms with Gasteiger partial charge < -0.3 is 15.5 Å². The van der Waals surface area contributed by atoms with Gasteiger partial charge in [-0.3, -0.25) is 0 Å². The summed E-state index contributed by atoms with van der Waals surface area (Å²) in [6.45, 7) is 4.44. The summed E-state index contributed by atoms with van der Waals surface area (Å²) < 4.78 is 0. The van der Waals surface area contributed by atoms with E-state index in [0.717, 1.165) is 24.8 Å².